The molecule has 92 valence electrons. The molecule has 1 heterocycles. The molecule has 0 radical (unpaired) electrons. The summed E-state index contributed by atoms with van der Waals surface area (Å²) in [6.45, 7) is 1.33. The molecular weight excluding hydrogens is 232 g/mol. The fourth-order valence-corrected chi connectivity index (χ4v) is 1.45. The summed E-state index contributed by atoms with van der Waals surface area (Å²) in [5, 5.41) is 0. The summed E-state index contributed by atoms with van der Waals surface area (Å²) in [6.07, 6.45) is 2.92. The van der Waals surface area contributed by atoms with Crippen LogP contribution in [0.4, 0.5) is 0 Å². The van der Waals surface area contributed by atoms with Gasteiger partial charge in [0.1, 0.15) is 5.75 Å². The van der Waals surface area contributed by atoms with E-state index in [1.54, 1.807) is 7.11 Å². The van der Waals surface area contributed by atoms with Crippen LogP contribution in [0.15, 0.2) is 36.7 Å². The topological polar surface area (TPSA) is 61.3 Å². The Labute approximate surface area is 104 Å². The van der Waals surface area contributed by atoms with E-state index in [4.69, 9.17) is 9.47 Å². The van der Waals surface area contributed by atoms with Crippen molar-refractivity contribution in [3.63, 3.8) is 0 Å². The molecule has 0 aliphatic heterocycles. The van der Waals surface area contributed by atoms with Crippen LogP contribution in [0, 0.1) is 0 Å². The van der Waals surface area contributed by atoms with Crippen molar-refractivity contribution in [2.24, 2.45) is 0 Å². The third kappa shape index (κ3) is 2.82. The van der Waals surface area contributed by atoms with E-state index in [9.17, 15) is 4.79 Å². The Hall–Kier alpha value is -2.43. The number of hydrogen-bond acceptors (Lipinski definition) is 5. The molecule has 18 heavy (non-hydrogen) atoms. The number of carbonyl (C=O) groups is 1. The largest absolute Gasteiger partial charge is 0.497 e. The quantitative estimate of drug-likeness (QED) is 0.773. The molecule has 0 amide bonds. The minimum atomic E-state index is -0.396. The van der Waals surface area contributed by atoms with E-state index in [1.807, 2.05) is 24.3 Å². The van der Waals surface area contributed by atoms with E-state index in [0.717, 1.165) is 11.3 Å². The maximum atomic E-state index is 10.8. The average molecular weight is 244 g/mol. The molecule has 0 aliphatic carbocycles. The highest BCUT2D eigenvalue weighted by molar-refractivity contribution is 5.69. The first kappa shape index (κ1) is 12.0. The predicted molar refractivity (Wildman–Crippen MR) is 65.3 cm³/mol. The van der Waals surface area contributed by atoms with Crippen molar-refractivity contribution in [1.29, 1.82) is 0 Å². The van der Waals surface area contributed by atoms with Gasteiger partial charge in [-0.05, 0) is 12.1 Å². The highest BCUT2D eigenvalue weighted by Gasteiger charge is 2.04. The Balaban J connectivity index is 2.25. The number of rotatable bonds is 3. The number of hydrogen-bond donors (Lipinski definition) is 0. The summed E-state index contributed by atoms with van der Waals surface area (Å²) in [5.74, 6) is 1.21. The first-order chi connectivity index (χ1) is 8.69. The van der Waals surface area contributed by atoms with Crippen LogP contribution in [0.3, 0.4) is 0 Å². The highest BCUT2D eigenvalue weighted by atomic mass is 16.5. The van der Waals surface area contributed by atoms with Gasteiger partial charge in [-0.25, -0.2) is 9.97 Å². The zero-order valence-corrected chi connectivity index (χ0v) is 10.1. The molecule has 5 nitrogen and oxygen atoms in total. The minimum Gasteiger partial charge on any atom is -0.497 e. The van der Waals surface area contributed by atoms with E-state index in [0.29, 0.717) is 11.6 Å². The third-order valence-corrected chi connectivity index (χ3v) is 2.22. The van der Waals surface area contributed by atoms with Crippen LogP contribution in [0.2, 0.25) is 0 Å². The first-order valence-corrected chi connectivity index (χ1v) is 5.34. The van der Waals surface area contributed by atoms with Crippen molar-refractivity contribution in [2.75, 3.05) is 7.11 Å². The van der Waals surface area contributed by atoms with Crippen molar-refractivity contribution in [3.8, 4) is 22.9 Å². The van der Waals surface area contributed by atoms with E-state index in [2.05, 4.69) is 9.97 Å². The normalized spacial score (nSPS) is 9.89. The van der Waals surface area contributed by atoms with Gasteiger partial charge >= 0.3 is 5.97 Å². The molecule has 0 spiro atoms. The van der Waals surface area contributed by atoms with Gasteiger partial charge in [0.05, 0.1) is 19.5 Å². The van der Waals surface area contributed by atoms with Gasteiger partial charge in [0.2, 0.25) is 0 Å². The van der Waals surface area contributed by atoms with E-state index in [1.165, 1.54) is 19.3 Å². The van der Waals surface area contributed by atoms with Crippen LogP contribution < -0.4 is 9.47 Å². The summed E-state index contributed by atoms with van der Waals surface area (Å²) < 4.78 is 9.99. The van der Waals surface area contributed by atoms with Gasteiger partial charge in [-0.1, -0.05) is 12.1 Å². The second kappa shape index (κ2) is 5.27. The number of benzene rings is 1. The van der Waals surface area contributed by atoms with Crippen LogP contribution in [0.1, 0.15) is 6.92 Å². The Morgan fingerprint density at radius 1 is 1.17 bits per heavy atom. The fourth-order valence-electron chi connectivity index (χ4n) is 1.45. The molecule has 0 atom stereocenters. The molecule has 2 aromatic rings. The maximum absolute atomic E-state index is 10.8. The highest BCUT2D eigenvalue weighted by Crippen LogP contribution is 2.21. The van der Waals surface area contributed by atoms with Crippen molar-refractivity contribution in [3.05, 3.63) is 36.7 Å². The lowest BCUT2D eigenvalue weighted by Crippen LogP contribution is -2.02. The number of ether oxygens (including phenoxy) is 2. The summed E-state index contributed by atoms with van der Waals surface area (Å²) in [6, 6.07) is 7.42. The molecule has 0 saturated carbocycles. The monoisotopic (exact) mass is 244 g/mol. The second-order valence-corrected chi connectivity index (χ2v) is 3.57. The molecule has 0 saturated heterocycles. The average Bonchev–Trinajstić information content (AvgIpc) is 2.39. The number of nitrogens with zero attached hydrogens (tertiary/aromatic N) is 2. The van der Waals surface area contributed by atoms with Crippen molar-refractivity contribution >= 4 is 5.97 Å². The molecule has 0 aliphatic rings. The van der Waals surface area contributed by atoms with Gasteiger partial charge in [0.15, 0.2) is 11.6 Å². The molecule has 1 aromatic carbocycles. The number of carbonyl (C=O) groups excluding carboxylic acids is 1. The zero-order chi connectivity index (χ0) is 13.0. The number of methoxy groups -OCH3 is 1. The number of esters is 1. The molecule has 0 fully saturated rings. The molecule has 0 unspecified atom stereocenters. The van der Waals surface area contributed by atoms with Crippen LogP contribution in [0.25, 0.3) is 11.4 Å². The Bertz CT molecular complexity index is 552. The first-order valence-electron chi connectivity index (χ1n) is 5.34. The summed E-state index contributed by atoms with van der Waals surface area (Å²) in [4.78, 5) is 19.0. The zero-order valence-electron chi connectivity index (χ0n) is 10.1. The summed E-state index contributed by atoms with van der Waals surface area (Å²) >= 11 is 0. The molecule has 2 rings (SSSR count). The lowest BCUT2D eigenvalue weighted by Gasteiger charge is -2.04. The van der Waals surface area contributed by atoms with Crippen molar-refractivity contribution < 1.29 is 14.3 Å². The van der Waals surface area contributed by atoms with Gasteiger partial charge in [0.25, 0.3) is 0 Å². The van der Waals surface area contributed by atoms with E-state index >= 15 is 0 Å². The molecule has 0 N–H and O–H groups in total. The van der Waals surface area contributed by atoms with Crippen molar-refractivity contribution in [2.45, 2.75) is 6.92 Å². The van der Waals surface area contributed by atoms with Gasteiger partial charge in [0, 0.05) is 12.5 Å². The third-order valence-electron chi connectivity index (χ3n) is 2.22. The van der Waals surface area contributed by atoms with Gasteiger partial charge in [-0.3, -0.25) is 4.79 Å². The maximum Gasteiger partial charge on any atom is 0.308 e. The number of aromatic nitrogens is 2. The van der Waals surface area contributed by atoms with Crippen LogP contribution >= 0.6 is 0 Å². The Morgan fingerprint density at radius 3 is 2.50 bits per heavy atom. The Morgan fingerprint density at radius 2 is 1.89 bits per heavy atom. The van der Waals surface area contributed by atoms with Gasteiger partial charge in [-0.2, -0.15) is 0 Å². The van der Waals surface area contributed by atoms with Gasteiger partial charge in [-0.15, -0.1) is 0 Å². The molecule has 0 bridgehead atoms. The van der Waals surface area contributed by atoms with Crippen molar-refractivity contribution in [1.82, 2.24) is 9.97 Å². The molecule has 1 aromatic heterocycles. The SMILES string of the molecule is COc1cccc(-c2ncc(OC(C)=O)cn2)c1. The van der Waals surface area contributed by atoms with E-state index in [-0.39, 0.29) is 0 Å². The minimum absolute atomic E-state index is 0.328. The Kier molecular flexibility index (Phi) is 3.52. The van der Waals surface area contributed by atoms with E-state index < -0.39 is 5.97 Å². The van der Waals surface area contributed by atoms with Gasteiger partial charge < -0.3 is 9.47 Å². The summed E-state index contributed by atoms with van der Waals surface area (Å²) in [5.41, 5.74) is 0.837. The predicted octanol–water partition coefficient (Wildman–Crippen LogP) is 2.08. The summed E-state index contributed by atoms with van der Waals surface area (Å²) in [7, 11) is 1.60. The molecular formula is C13H12N2O3. The van der Waals surface area contributed by atoms with Crippen LogP contribution in [0.5, 0.6) is 11.5 Å². The smallest absolute Gasteiger partial charge is 0.308 e. The fraction of sp³-hybridized carbons (Fsp3) is 0.154. The molecule has 5 heteroatoms. The van der Waals surface area contributed by atoms with Crippen LogP contribution in [-0.2, 0) is 4.79 Å². The lowest BCUT2D eigenvalue weighted by atomic mass is 10.2. The second-order valence-electron chi connectivity index (χ2n) is 3.57. The standard InChI is InChI=1S/C13H12N2O3/c1-9(16)18-12-7-14-13(15-8-12)10-4-3-5-11(6-10)17-2/h3-8H,1-2H3. The lowest BCUT2D eigenvalue weighted by molar-refractivity contribution is -0.131. The van der Waals surface area contributed by atoms with Crippen LogP contribution in [-0.4, -0.2) is 23.0 Å².